The van der Waals surface area contributed by atoms with Gasteiger partial charge < -0.3 is 4.90 Å². The van der Waals surface area contributed by atoms with Crippen molar-refractivity contribution in [1.82, 2.24) is 4.90 Å². The van der Waals surface area contributed by atoms with Gasteiger partial charge in [-0.3, -0.25) is 0 Å². The van der Waals surface area contributed by atoms with Crippen LogP contribution in [0.1, 0.15) is 20.8 Å². The number of rotatable bonds is 7. The first-order valence-corrected chi connectivity index (χ1v) is 15.9. The lowest BCUT2D eigenvalue weighted by Crippen LogP contribution is -2.21. The van der Waals surface area contributed by atoms with Crippen molar-refractivity contribution >= 4 is 50.5 Å². The van der Waals surface area contributed by atoms with Crippen LogP contribution in [-0.4, -0.2) is 24.5 Å². The summed E-state index contributed by atoms with van der Waals surface area (Å²) in [6.45, 7) is 10.1. The lowest BCUT2D eigenvalue weighted by molar-refractivity contribution is 0.321. The van der Waals surface area contributed by atoms with Crippen LogP contribution in [0.3, 0.4) is 0 Å². The number of nitrogens with zero attached hydrogens (tertiary/aromatic N) is 1. The summed E-state index contributed by atoms with van der Waals surface area (Å²) in [7, 11) is 0. The van der Waals surface area contributed by atoms with E-state index >= 15 is 0 Å². The van der Waals surface area contributed by atoms with Crippen molar-refractivity contribution in [1.29, 1.82) is 0 Å². The second-order valence-corrected chi connectivity index (χ2v) is 20.5. The topological polar surface area (TPSA) is 3.24 Å². The molecule has 2 aromatic rings. The van der Waals surface area contributed by atoms with Crippen LogP contribution >= 0.6 is 38.7 Å². The predicted molar refractivity (Wildman–Crippen MR) is 121 cm³/mol. The monoisotopic (exact) mass is 595 g/mol. The summed E-state index contributed by atoms with van der Waals surface area (Å²) in [4.78, 5) is -0.623. The normalized spacial score (nSPS) is 11.6. The van der Waals surface area contributed by atoms with Crippen molar-refractivity contribution in [3.8, 4) is 0 Å². The molecule has 0 fully saturated rings. The molecule has 0 N–H and O–H groups in total. The molecule has 0 spiro atoms. The average Bonchev–Trinajstić information content (AvgIpc) is 2.81. The van der Waals surface area contributed by atoms with Crippen molar-refractivity contribution in [2.24, 2.45) is 0 Å². The fourth-order valence-corrected chi connectivity index (χ4v) is 10.4. The van der Waals surface area contributed by atoms with E-state index in [4.69, 9.17) is 11.8 Å². The molecule has 34 heavy (non-hydrogen) atoms. The molecular weight excluding hydrogens is 579 g/mol. The summed E-state index contributed by atoms with van der Waals surface area (Å²) in [6.07, 6.45) is 0. The first kappa shape index (κ1) is 31.4. The lowest BCUT2D eigenvalue weighted by atomic mass is 10.3. The van der Waals surface area contributed by atoms with E-state index in [1.54, 1.807) is 0 Å². The standard InChI is InChI=1S/C12HF10PS4.C6H15N/c13-1-3(15)7(19)11(8(20)4(1)16)26-23(24,25)27-12-9(21)5(17)2(14)6(18)10(12)22;1-4-7(5-2)6-3/h(H,24,25);4-6H2,1-3H3. The Morgan fingerprint density at radius 1 is 0.559 bits per heavy atom. The molecule has 0 aliphatic heterocycles. The highest BCUT2D eigenvalue weighted by atomic mass is 33.5. The van der Waals surface area contributed by atoms with Crippen LogP contribution in [-0.2, 0) is 11.8 Å². The second-order valence-electron chi connectivity index (χ2n) is 6.07. The van der Waals surface area contributed by atoms with Crippen LogP contribution in [0.15, 0.2) is 9.79 Å². The molecule has 2 aromatic carbocycles. The Balaban J connectivity index is 0.000000718. The fourth-order valence-electron chi connectivity index (χ4n) is 2.25. The smallest absolute Gasteiger partial charge is 0.200 e. The molecule has 16 heteroatoms. The molecule has 0 aliphatic rings. The maximum Gasteiger partial charge on any atom is 0.200 e. The van der Waals surface area contributed by atoms with Gasteiger partial charge in [-0.25, -0.2) is 43.9 Å². The Bertz CT molecular complexity index is 958. The molecule has 0 saturated carbocycles. The van der Waals surface area contributed by atoms with Crippen LogP contribution in [0.2, 0.25) is 0 Å². The van der Waals surface area contributed by atoms with E-state index in [9.17, 15) is 43.9 Å². The Hall–Kier alpha value is -0.600. The van der Waals surface area contributed by atoms with Crippen molar-refractivity contribution < 1.29 is 43.9 Å². The van der Waals surface area contributed by atoms with Gasteiger partial charge in [0.15, 0.2) is 46.5 Å². The zero-order chi connectivity index (χ0) is 26.5. The summed E-state index contributed by atoms with van der Waals surface area (Å²) >= 11 is 7.93. The van der Waals surface area contributed by atoms with E-state index in [1.807, 2.05) is 0 Å². The van der Waals surface area contributed by atoms with E-state index in [2.05, 4.69) is 37.9 Å². The molecule has 0 atom stereocenters. The van der Waals surface area contributed by atoms with Gasteiger partial charge in [-0.05, 0) is 19.6 Å². The number of hydrogen-bond donors (Lipinski definition) is 1. The molecule has 1 nitrogen and oxygen atoms in total. The fraction of sp³-hybridized carbons (Fsp3) is 0.333. The van der Waals surface area contributed by atoms with Crippen molar-refractivity contribution in [3.05, 3.63) is 58.2 Å². The van der Waals surface area contributed by atoms with Gasteiger partial charge in [-0.1, -0.05) is 55.3 Å². The first-order valence-electron chi connectivity index (χ1n) is 9.12. The van der Waals surface area contributed by atoms with Crippen LogP contribution < -0.4 is 0 Å². The van der Waals surface area contributed by atoms with E-state index in [1.165, 1.54) is 19.6 Å². The summed E-state index contributed by atoms with van der Waals surface area (Å²) < 4.78 is 130. The second kappa shape index (κ2) is 13.1. The highest BCUT2D eigenvalue weighted by molar-refractivity contribution is 9.20. The number of benzene rings is 2. The van der Waals surface area contributed by atoms with Crippen LogP contribution in [0, 0.1) is 58.2 Å². The molecule has 0 aliphatic carbocycles. The summed E-state index contributed by atoms with van der Waals surface area (Å²) in [6, 6.07) is 0. The zero-order valence-corrected chi connectivity index (χ0v) is 21.7. The summed E-state index contributed by atoms with van der Waals surface area (Å²) in [5.41, 5.74) is 0. The van der Waals surface area contributed by atoms with Crippen molar-refractivity contribution in [2.75, 3.05) is 19.6 Å². The van der Waals surface area contributed by atoms with Crippen LogP contribution in [0.25, 0.3) is 0 Å². The highest BCUT2D eigenvalue weighted by Crippen LogP contribution is 2.78. The molecular formula is C18H16F10NPS4. The third kappa shape index (κ3) is 7.22. The van der Waals surface area contributed by atoms with Gasteiger partial charge in [-0.2, -0.15) is 0 Å². The minimum absolute atomic E-state index is 0.251. The van der Waals surface area contributed by atoms with Gasteiger partial charge in [0.2, 0.25) is 11.6 Å². The molecule has 0 amide bonds. The molecule has 0 aromatic heterocycles. The maximum atomic E-state index is 13.7. The van der Waals surface area contributed by atoms with E-state index in [0.717, 1.165) is 0 Å². The average molecular weight is 596 g/mol. The van der Waals surface area contributed by atoms with Gasteiger partial charge in [-0.15, -0.1) is 12.2 Å². The van der Waals surface area contributed by atoms with Crippen molar-refractivity contribution in [2.45, 2.75) is 30.6 Å². The van der Waals surface area contributed by atoms with E-state index in [-0.39, 0.29) is 22.8 Å². The minimum atomic E-state index is -3.86. The maximum absolute atomic E-state index is 13.7. The molecule has 192 valence electrons. The van der Waals surface area contributed by atoms with Crippen LogP contribution in [0.5, 0.6) is 0 Å². The quantitative estimate of drug-likeness (QED) is 0.112. The van der Waals surface area contributed by atoms with Gasteiger partial charge in [0, 0.05) is 0 Å². The van der Waals surface area contributed by atoms with Gasteiger partial charge in [0.1, 0.15) is 3.64 Å². The zero-order valence-electron chi connectivity index (χ0n) is 17.5. The van der Waals surface area contributed by atoms with Gasteiger partial charge >= 0.3 is 0 Å². The third-order valence-corrected chi connectivity index (χ3v) is 12.3. The minimum Gasteiger partial charge on any atom is -0.304 e. The number of hydrogen-bond acceptors (Lipinski definition) is 4. The molecule has 0 heterocycles. The summed E-state index contributed by atoms with van der Waals surface area (Å²) in [5, 5.41) is 0. The Kier molecular flexibility index (Phi) is 12.1. The molecule has 0 unspecified atom stereocenters. The molecule has 0 radical (unpaired) electrons. The SMILES string of the molecule is CCN(CC)CC.Fc1c(F)c(F)c(SP(=S)(S)Sc2c(F)c(F)c(F)c(F)c2F)c(F)c1F. The van der Waals surface area contributed by atoms with Gasteiger partial charge in [0.25, 0.3) is 0 Å². The lowest BCUT2D eigenvalue weighted by Gasteiger charge is -2.17. The van der Waals surface area contributed by atoms with Gasteiger partial charge in [0.05, 0.1) is 9.79 Å². The number of halogens is 10. The molecule has 2 rings (SSSR count). The Labute approximate surface area is 207 Å². The first-order chi connectivity index (χ1) is 15.6. The predicted octanol–water partition coefficient (Wildman–Crippen LogP) is 8.46. The van der Waals surface area contributed by atoms with E-state index < -0.39 is 71.6 Å². The van der Waals surface area contributed by atoms with Crippen molar-refractivity contribution in [3.63, 3.8) is 0 Å². The third-order valence-electron chi connectivity index (χ3n) is 4.09. The Morgan fingerprint density at radius 2 is 0.765 bits per heavy atom. The van der Waals surface area contributed by atoms with Crippen LogP contribution in [0.4, 0.5) is 43.9 Å². The highest BCUT2D eigenvalue weighted by Gasteiger charge is 2.33. The number of thiol groups is 1. The van der Waals surface area contributed by atoms with E-state index in [0.29, 0.717) is 0 Å². The largest absolute Gasteiger partial charge is 0.304 e. The molecule has 0 saturated heterocycles. The molecule has 0 bridgehead atoms. The Morgan fingerprint density at radius 3 is 0.941 bits per heavy atom. The summed E-state index contributed by atoms with van der Waals surface area (Å²) in [5.74, 6) is -23.2.